The Hall–Kier alpha value is -1.57. The van der Waals surface area contributed by atoms with Crippen LogP contribution in [-0.2, 0) is 10.9 Å². The minimum atomic E-state index is -0.710. The van der Waals surface area contributed by atoms with Crippen LogP contribution in [0.3, 0.4) is 0 Å². The molecule has 0 unspecified atom stereocenters. The van der Waals surface area contributed by atoms with Gasteiger partial charge in [-0.15, -0.1) is 0 Å². The monoisotopic (exact) mass is 665 g/mol. The zero-order valence-corrected chi connectivity index (χ0v) is 26.3. The Morgan fingerprint density at radius 1 is 0.694 bits per heavy atom. The van der Waals surface area contributed by atoms with E-state index in [2.05, 4.69) is 166 Å². The van der Waals surface area contributed by atoms with E-state index in [0.717, 1.165) is 11.4 Å². The van der Waals surface area contributed by atoms with E-state index in [1.807, 2.05) is 0 Å². The molecule has 4 aromatic carbocycles. The van der Waals surface area contributed by atoms with E-state index in [9.17, 15) is 0 Å². The van der Waals surface area contributed by atoms with Crippen LogP contribution >= 0.6 is 36.4 Å². The van der Waals surface area contributed by atoms with Gasteiger partial charge in [-0.3, -0.25) is 4.99 Å². The molecule has 0 saturated heterocycles. The summed E-state index contributed by atoms with van der Waals surface area (Å²) < 4.78 is 0. The van der Waals surface area contributed by atoms with E-state index < -0.39 is 7.92 Å². The van der Waals surface area contributed by atoms with Crippen LogP contribution in [0.15, 0.2) is 108 Å². The second-order valence-electron chi connectivity index (χ2n) is 9.18. The second kappa shape index (κ2) is 13.8. The molecule has 0 bridgehead atoms. The molecule has 0 aliphatic rings. The molecular weight excluding hydrogens is 636 g/mol. The van der Waals surface area contributed by atoms with Crippen LogP contribution in [0.5, 0.6) is 0 Å². The molecule has 0 aromatic heterocycles. The summed E-state index contributed by atoms with van der Waals surface area (Å²) in [5, 5.41) is 2.53. The van der Waals surface area contributed by atoms with Gasteiger partial charge in [0.15, 0.2) is 0 Å². The van der Waals surface area contributed by atoms with Crippen LogP contribution in [0.2, 0.25) is 0 Å². The van der Waals surface area contributed by atoms with Crippen molar-refractivity contribution in [3.05, 3.63) is 125 Å². The second-order valence-corrected chi connectivity index (χ2v) is 17.0. The molecule has 0 heterocycles. The maximum absolute atomic E-state index is 5.45. The predicted octanol–water partition coefficient (Wildman–Crippen LogP) is 9.33. The predicted molar refractivity (Wildman–Crippen MR) is 164 cm³/mol. The zero-order valence-electron chi connectivity index (χ0n) is 21.3. The van der Waals surface area contributed by atoms with Gasteiger partial charge < -0.3 is 0 Å². The third-order valence-corrected chi connectivity index (χ3v) is 9.03. The molecule has 0 N–H and O–H groups in total. The average molecular weight is 668 g/mol. The van der Waals surface area contributed by atoms with Crippen molar-refractivity contribution in [1.82, 2.24) is 0 Å². The number of aliphatic imine (C=N–C) groups is 1. The normalized spacial score (nSPS) is 11.8. The van der Waals surface area contributed by atoms with Crippen molar-refractivity contribution in [2.75, 3.05) is 0 Å². The van der Waals surface area contributed by atoms with Crippen molar-refractivity contribution in [3.8, 4) is 0 Å². The van der Waals surface area contributed by atoms with Gasteiger partial charge in [0.05, 0.1) is 11.4 Å². The first-order valence-corrected chi connectivity index (χ1v) is 18.0. The fourth-order valence-electron chi connectivity index (χ4n) is 4.67. The molecule has 4 aromatic rings. The molecule has 0 spiro atoms. The molecule has 1 nitrogen and oxygen atoms in total. The van der Waals surface area contributed by atoms with Crippen LogP contribution in [0.25, 0.3) is 0 Å². The summed E-state index contributed by atoms with van der Waals surface area (Å²) in [7, 11) is 0.540. The number of aryl methyl sites for hydroxylation is 3. The zero-order chi connectivity index (χ0) is 26.1. The first-order valence-electron chi connectivity index (χ1n) is 11.7. The maximum atomic E-state index is 5.45. The van der Waals surface area contributed by atoms with Crippen molar-refractivity contribution in [2.45, 2.75) is 39.8 Å². The molecule has 190 valence electrons. The van der Waals surface area contributed by atoms with Crippen molar-refractivity contribution >= 4 is 58.4 Å². The Morgan fingerprint density at radius 3 is 1.50 bits per heavy atom. The Kier molecular flexibility index (Phi) is 11.1. The van der Waals surface area contributed by atoms with Crippen molar-refractivity contribution in [2.24, 2.45) is 4.99 Å². The van der Waals surface area contributed by atoms with Gasteiger partial charge in [-0.05, 0) is 69.8 Å². The Bertz CT molecular complexity index is 1210. The molecule has 0 atom stereocenters. The summed E-state index contributed by atoms with van der Waals surface area (Å²) >= 11 is 6.00. The van der Waals surface area contributed by atoms with Crippen LogP contribution < -0.4 is 10.6 Å². The van der Waals surface area contributed by atoms with Gasteiger partial charge in [0.25, 0.3) is 0 Å². The van der Waals surface area contributed by atoms with Gasteiger partial charge in [0.1, 0.15) is 0 Å². The van der Waals surface area contributed by atoms with Crippen molar-refractivity contribution in [1.29, 1.82) is 0 Å². The fraction of sp³-hybridized carbons (Fsp3) is 0.194. The van der Waals surface area contributed by atoms with Crippen LogP contribution in [0.4, 0.5) is 5.69 Å². The number of rotatable bonds is 6. The molecule has 0 saturated carbocycles. The SMILES string of the molecule is Cc1cc(C)c(N=C(c2ccccc2)C(C)(C)P(c2ccccc2)c2ccccc2)c(C)c1.[Br][Ni][Br]. The van der Waals surface area contributed by atoms with E-state index in [1.165, 1.54) is 43.8 Å². The van der Waals surface area contributed by atoms with Crippen LogP contribution in [0, 0.1) is 20.8 Å². The van der Waals surface area contributed by atoms with E-state index in [-0.39, 0.29) is 5.16 Å². The number of benzene rings is 4. The summed E-state index contributed by atoms with van der Waals surface area (Å²) in [5.41, 5.74) is 7.13. The van der Waals surface area contributed by atoms with E-state index in [0.29, 0.717) is 0 Å². The van der Waals surface area contributed by atoms with Gasteiger partial charge in [-0.1, -0.05) is 109 Å². The summed E-state index contributed by atoms with van der Waals surface area (Å²) in [6, 6.07) is 37.0. The third-order valence-electron chi connectivity index (χ3n) is 6.07. The third kappa shape index (κ3) is 7.26. The van der Waals surface area contributed by atoms with Gasteiger partial charge >= 0.3 is 39.3 Å². The first-order chi connectivity index (χ1) is 17.3. The summed E-state index contributed by atoms with van der Waals surface area (Å²) in [5.74, 6) is 0. The van der Waals surface area contributed by atoms with E-state index >= 15 is 0 Å². The Balaban J connectivity index is 0.00000115. The fourth-order valence-corrected chi connectivity index (χ4v) is 7.59. The molecule has 0 aliphatic carbocycles. The molecule has 0 amide bonds. The van der Waals surface area contributed by atoms with Gasteiger partial charge in [-0.25, -0.2) is 0 Å². The summed E-state index contributed by atoms with van der Waals surface area (Å²) in [4.78, 5) is 5.45. The number of nitrogens with zero attached hydrogens (tertiary/aromatic N) is 1. The summed E-state index contributed by atoms with van der Waals surface area (Å²) in [6.07, 6.45) is 0. The number of hydrogen-bond acceptors (Lipinski definition) is 1. The van der Waals surface area contributed by atoms with Gasteiger partial charge in [-0.2, -0.15) is 0 Å². The summed E-state index contributed by atoms with van der Waals surface area (Å²) in [6.45, 7) is 11.2. The van der Waals surface area contributed by atoms with Gasteiger partial charge in [0.2, 0.25) is 0 Å². The quantitative estimate of drug-likeness (QED) is 0.110. The molecule has 0 radical (unpaired) electrons. The van der Waals surface area contributed by atoms with Crippen molar-refractivity contribution in [3.63, 3.8) is 0 Å². The van der Waals surface area contributed by atoms with E-state index in [1.54, 1.807) is 0 Å². The Labute approximate surface area is 238 Å². The van der Waals surface area contributed by atoms with Crippen molar-refractivity contribution < 1.29 is 10.9 Å². The van der Waals surface area contributed by atoms with E-state index in [4.69, 9.17) is 4.99 Å². The molecule has 5 heteroatoms. The topological polar surface area (TPSA) is 12.4 Å². The molecular formula is C31H32Br2NNiP. The molecule has 4 rings (SSSR count). The average Bonchev–Trinajstić information content (AvgIpc) is 2.86. The minimum absolute atomic E-state index is 0.205. The number of hydrogen-bond donors (Lipinski definition) is 0. The standard InChI is InChI=1S/C31H32NP.2BrH.Ni/c1-23-21-24(2)29(25(3)22-23)32-30(26-15-9-6-10-16-26)31(4,5)33(27-17-11-7-12-18-27)28-19-13-8-14-20-28;;;/h6-22H,1-5H3;2*1H;/q;;;+2/p-2. The molecule has 0 aliphatic heterocycles. The first kappa shape index (κ1) is 29.0. The number of halogens is 2. The van der Waals surface area contributed by atoms with Gasteiger partial charge in [0, 0.05) is 5.16 Å². The molecule has 36 heavy (non-hydrogen) atoms. The van der Waals surface area contributed by atoms with Crippen LogP contribution in [0.1, 0.15) is 36.1 Å². The molecule has 0 fully saturated rings. The Morgan fingerprint density at radius 2 is 1.08 bits per heavy atom. The van der Waals surface area contributed by atoms with Crippen LogP contribution in [-0.4, -0.2) is 10.9 Å².